The van der Waals surface area contributed by atoms with Crippen LogP contribution in [0.5, 0.6) is 5.75 Å². The van der Waals surface area contributed by atoms with Gasteiger partial charge in [-0.05, 0) is 53.9 Å². The number of hydrogen-bond acceptors (Lipinski definition) is 4. The largest absolute Gasteiger partial charge is 0.494 e. The van der Waals surface area contributed by atoms with Gasteiger partial charge in [0, 0.05) is 38.5 Å². The molecule has 184 valence electrons. The number of allylic oxidation sites excluding steroid dienone is 1. The number of hydrogen-bond donors (Lipinski definition) is 0. The van der Waals surface area contributed by atoms with Gasteiger partial charge in [0.1, 0.15) is 0 Å². The maximum Gasteiger partial charge on any atom is 0.252 e. The molecule has 4 aliphatic rings. The van der Waals surface area contributed by atoms with Crippen molar-refractivity contribution in [2.24, 2.45) is 11.8 Å². The molecule has 5 nitrogen and oxygen atoms in total. The topological polar surface area (TPSA) is 36.0 Å². The van der Waals surface area contributed by atoms with E-state index in [1.54, 1.807) is 12.1 Å². The number of likely N-dealkylation sites (tertiary alicyclic amines) is 2. The van der Waals surface area contributed by atoms with Crippen LogP contribution in [0.3, 0.4) is 0 Å². The highest BCUT2D eigenvalue weighted by Crippen LogP contribution is 2.45. The first kappa shape index (κ1) is 24.9. The van der Waals surface area contributed by atoms with Crippen molar-refractivity contribution in [2.45, 2.75) is 39.4 Å². The summed E-state index contributed by atoms with van der Waals surface area (Å²) in [6.07, 6.45) is 10.5. The Morgan fingerprint density at radius 3 is 2.44 bits per heavy atom. The van der Waals surface area contributed by atoms with Gasteiger partial charge in [-0.25, -0.2) is 4.39 Å². The Balaban J connectivity index is 0.000000868. The van der Waals surface area contributed by atoms with Gasteiger partial charge in [0.05, 0.1) is 18.6 Å². The Labute approximate surface area is 205 Å². The number of amides is 1. The van der Waals surface area contributed by atoms with Gasteiger partial charge in [-0.2, -0.15) is 0 Å². The van der Waals surface area contributed by atoms with Crippen molar-refractivity contribution in [1.82, 2.24) is 14.7 Å². The third-order valence-electron chi connectivity index (χ3n) is 6.78. The van der Waals surface area contributed by atoms with Crippen molar-refractivity contribution in [3.63, 3.8) is 0 Å². The molecule has 3 unspecified atom stereocenters. The number of methoxy groups -OCH3 is 1. The second kappa shape index (κ2) is 11.0. The fourth-order valence-electron chi connectivity index (χ4n) is 5.25. The predicted octanol–water partition coefficient (Wildman–Crippen LogP) is 5.12. The first-order valence-corrected chi connectivity index (χ1v) is 13.6. The highest BCUT2D eigenvalue weighted by Gasteiger charge is 2.40. The second-order valence-electron chi connectivity index (χ2n) is 9.55. The van der Waals surface area contributed by atoms with Gasteiger partial charge in [-0.1, -0.05) is 47.9 Å². The van der Waals surface area contributed by atoms with E-state index in [4.69, 9.17) is 4.74 Å². The van der Waals surface area contributed by atoms with Crippen LogP contribution >= 0.6 is 8.58 Å². The van der Waals surface area contributed by atoms with Crippen molar-refractivity contribution >= 4 is 19.8 Å². The molecule has 7 heteroatoms. The zero-order valence-electron chi connectivity index (χ0n) is 20.8. The number of halogens is 1. The number of ether oxygens (including phenoxy) is 1. The third kappa shape index (κ3) is 5.23. The monoisotopic (exact) mass is 485 g/mol. The van der Waals surface area contributed by atoms with Gasteiger partial charge in [-0.3, -0.25) is 4.79 Å². The number of benzene rings is 1. The summed E-state index contributed by atoms with van der Waals surface area (Å²) in [5, 5.41) is 0.890. The van der Waals surface area contributed by atoms with Gasteiger partial charge < -0.3 is 19.4 Å². The molecule has 1 aromatic rings. The van der Waals surface area contributed by atoms with Crippen LogP contribution in [-0.2, 0) is 4.79 Å². The van der Waals surface area contributed by atoms with Crippen LogP contribution in [-0.4, -0.2) is 66.2 Å². The molecule has 5 rings (SSSR count). The quantitative estimate of drug-likeness (QED) is 0.543. The summed E-state index contributed by atoms with van der Waals surface area (Å²) in [5.41, 5.74) is 1.88. The van der Waals surface area contributed by atoms with Gasteiger partial charge in [0.15, 0.2) is 11.6 Å². The van der Waals surface area contributed by atoms with E-state index < -0.39 is 5.82 Å². The normalized spacial score (nSPS) is 26.6. The molecule has 4 atom stereocenters. The smallest absolute Gasteiger partial charge is 0.252 e. The molecule has 34 heavy (non-hydrogen) atoms. The van der Waals surface area contributed by atoms with Crippen LogP contribution in [0.15, 0.2) is 48.3 Å². The zero-order valence-corrected chi connectivity index (χ0v) is 21.8. The summed E-state index contributed by atoms with van der Waals surface area (Å²) in [5.74, 6) is 1.24. The molecular formula is C27H37FN3O2P. The molecule has 0 N–H and O–H groups in total. The molecule has 0 aliphatic carbocycles. The average molecular weight is 486 g/mol. The van der Waals surface area contributed by atoms with E-state index in [2.05, 4.69) is 42.7 Å². The molecule has 4 heterocycles. The van der Waals surface area contributed by atoms with Gasteiger partial charge in [0.25, 0.3) is 5.91 Å². The van der Waals surface area contributed by atoms with Crippen LogP contribution in [0.25, 0.3) is 5.31 Å². The molecule has 0 saturated carbocycles. The minimum absolute atomic E-state index is 0.00330. The molecule has 0 radical (unpaired) electrons. The SMILES string of the molecule is CCC.CCCN1CC2CN(C3=CN4C(=O)C=C(c5ccc(OC)c(F)c5)PC4C=C3)C[C@@H]2C1. The summed E-state index contributed by atoms with van der Waals surface area (Å²) in [6, 6.07) is 4.90. The van der Waals surface area contributed by atoms with E-state index in [1.807, 2.05) is 17.2 Å². The lowest BCUT2D eigenvalue weighted by Gasteiger charge is -2.36. The fraction of sp³-hybridized carbons (Fsp3) is 0.519. The highest BCUT2D eigenvalue weighted by molar-refractivity contribution is 7.51. The van der Waals surface area contributed by atoms with E-state index in [0.29, 0.717) is 8.58 Å². The fourth-order valence-corrected chi connectivity index (χ4v) is 6.63. The molecule has 0 aromatic heterocycles. The molecular weight excluding hydrogens is 448 g/mol. The lowest BCUT2D eigenvalue weighted by molar-refractivity contribution is -0.123. The van der Waals surface area contributed by atoms with E-state index in [9.17, 15) is 9.18 Å². The van der Waals surface area contributed by atoms with E-state index >= 15 is 0 Å². The van der Waals surface area contributed by atoms with Crippen molar-refractivity contribution < 1.29 is 13.9 Å². The Kier molecular flexibility index (Phi) is 8.10. The molecule has 2 fully saturated rings. The molecule has 1 amide bonds. The van der Waals surface area contributed by atoms with Crippen LogP contribution in [0.2, 0.25) is 0 Å². The maximum absolute atomic E-state index is 14.1. The maximum atomic E-state index is 14.1. The van der Waals surface area contributed by atoms with Gasteiger partial charge in [0.2, 0.25) is 0 Å². The Morgan fingerprint density at radius 2 is 1.82 bits per heavy atom. The molecule has 0 spiro atoms. The van der Waals surface area contributed by atoms with E-state index in [-0.39, 0.29) is 17.4 Å². The summed E-state index contributed by atoms with van der Waals surface area (Å²) in [6.45, 7) is 12.2. The van der Waals surface area contributed by atoms with Crippen molar-refractivity contribution in [3.05, 3.63) is 59.7 Å². The first-order valence-electron chi connectivity index (χ1n) is 12.5. The Bertz CT molecular complexity index is 978. The first-order chi connectivity index (χ1) is 16.5. The molecule has 4 aliphatic heterocycles. The Hall–Kier alpha value is -2.17. The number of rotatable bonds is 5. The van der Waals surface area contributed by atoms with Crippen LogP contribution in [0.4, 0.5) is 4.39 Å². The van der Waals surface area contributed by atoms with E-state index in [1.165, 1.54) is 45.7 Å². The van der Waals surface area contributed by atoms with Crippen LogP contribution < -0.4 is 4.74 Å². The Morgan fingerprint density at radius 1 is 1.12 bits per heavy atom. The summed E-state index contributed by atoms with van der Waals surface area (Å²) < 4.78 is 19.2. The minimum Gasteiger partial charge on any atom is -0.494 e. The summed E-state index contributed by atoms with van der Waals surface area (Å²) in [7, 11) is 1.83. The number of carbonyl (C=O) groups excluding carboxylic acids is 1. The average Bonchev–Trinajstić information content (AvgIpc) is 3.38. The predicted molar refractivity (Wildman–Crippen MR) is 138 cm³/mol. The van der Waals surface area contributed by atoms with Gasteiger partial charge >= 0.3 is 0 Å². The lowest BCUT2D eigenvalue weighted by atomic mass is 10.0. The molecule has 2 saturated heterocycles. The van der Waals surface area contributed by atoms with Crippen molar-refractivity contribution in [3.8, 4) is 5.75 Å². The lowest BCUT2D eigenvalue weighted by Crippen LogP contribution is -2.37. The highest BCUT2D eigenvalue weighted by atomic mass is 31.1. The minimum atomic E-state index is -0.404. The van der Waals surface area contributed by atoms with Gasteiger partial charge in [-0.15, -0.1) is 0 Å². The number of carbonyl (C=O) groups is 1. The van der Waals surface area contributed by atoms with E-state index in [0.717, 1.165) is 41.5 Å². The van der Waals surface area contributed by atoms with Crippen molar-refractivity contribution in [1.29, 1.82) is 0 Å². The number of nitrogens with zero attached hydrogens (tertiary/aromatic N) is 3. The second-order valence-corrected chi connectivity index (χ2v) is 11.0. The summed E-state index contributed by atoms with van der Waals surface area (Å²) >= 11 is 0. The number of fused-ring (bicyclic) bond motifs is 2. The van der Waals surface area contributed by atoms with Crippen LogP contribution in [0, 0.1) is 17.7 Å². The van der Waals surface area contributed by atoms with Crippen LogP contribution in [0.1, 0.15) is 39.2 Å². The molecule has 0 bridgehead atoms. The third-order valence-corrected chi connectivity index (χ3v) is 8.29. The summed E-state index contributed by atoms with van der Waals surface area (Å²) in [4.78, 5) is 19.8. The van der Waals surface area contributed by atoms with Crippen molar-refractivity contribution in [2.75, 3.05) is 39.8 Å². The standard InChI is InChI=1S/C24H29FN3O2P.C3H8/c1-3-8-26-11-17-13-27(14-18(17)12-26)19-5-7-24-28(15-19)23(29)10-22(31-24)16-4-6-21(30-2)20(25)9-16;1-3-2/h4-7,9-10,15,17-18,24,31H,3,8,11-14H2,1-2H3;3H2,1-2H3/t17-,18?,24?;/m0./s1. The molecule has 1 aromatic carbocycles. The zero-order chi connectivity index (χ0) is 24.2.